The van der Waals surface area contributed by atoms with Crippen LogP contribution in [0.5, 0.6) is 0 Å². The van der Waals surface area contributed by atoms with Crippen molar-refractivity contribution in [3.8, 4) is 0 Å². The number of H-pyrrole nitrogens is 1. The molecule has 0 saturated carbocycles. The molecular formula is C16H14N4O2S. The maximum absolute atomic E-state index is 12.1. The lowest BCUT2D eigenvalue weighted by Gasteiger charge is -2.13. The van der Waals surface area contributed by atoms with Crippen LogP contribution in [0, 0.1) is 24.7 Å². The van der Waals surface area contributed by atoms with Gasteiger partial charge in [-0.2, -0.15) is 0 Å². The lowest BCUT2D eigenvalue weighted by molar-refractivity contribution is 0.112. The Hall–Kier alpha value is -2.80. The summed E-state index contributed by atoms with van der Waals surface area (Å²) in [6.45, 7) is 3.66. The Morgan fingerprint density at radius 1 is 1.30 bits per heavy atom. The Balaban J connectivity index is 2.42. The highest BCUT2D eigenvalue weighted by molar-refractivity contribution is 7.12. The number of nitrogens with zero attached hydrogens (tertiary/aromatic N) is 1. The van der Waals surface area contributed by atoms with Crippen LogP contribution >= 0.6 is 11.3 Å². The van der Waals surface area contributed by atoms with Crippen LogP contribution in [0.15, 0.2) is 28.4 Å². The first-order valence-corrected chi connectivity index (χ1v) is 7.75. The maximum atomic E-state index is 12.1. The van der Waals surface area contributed by atoms with Crippen molar-refractivity contribution in [2.24, 2.45) is 0 Å². The minimum absolute atomic E-state index is 0.0804. The van der Waals surface area contributed by atoms with Gasteiger partial charge in [0.05, 0.1) is 15.9 Å². The third kappa shape index (κ3) is 2.35. The molecule has 0 aliphatic heterocycles. The number of nitrogens with one attached hydrogen (secondary N) is 3. The fourth-order valence-electron chi connectivity index (χ4n) is 2.47. The smallest absolute Gasteiger partial charge is 0.291 e. The zero-order chi connectivity index (χ0) is 16.7. The number of benzene rings is 1. The highest BCUT2D eigenvalue weighted by Gasteiger charge is 2.15. The Kier molecular flexibility index (Phi) is 3.57. The third-order valence-corrected chi connectivity index (χ3v) is 4.76. The maximum Gasteiger partial charge on any atom is 0.291 e. The first kappa shape index (κ1) is 15.1. The molecule has 0 aliphatic rings. The second-order valence-electron chi connectivity index (χ2n) is 5.26. The topological polar surface area (TPSA) is 103 Å². The number of fused-ring (bicyclic) bond motifs is 1. The minimum Gasteiger partial charge on any atom is -0.317 e. The van der Waals surface area contributed by atoms with Crippen LogP contribution in [0.1, 0.15) is 26.4 Å². The second kappa shape index (κ2) is 5.44. The predicted octanol–water partition coefficient (Wildman–Crippen LogP) is 2.17. The molecule has 0 aliphatic carbocycles. The van der Waals surface area contributed by atoms with E-state index in [9.17, 15) is 9.59 Å². The van der Waals surface area contributed by atoms with E-state index in [2.05, 4.69) is 4.98 Å². The summed E-state index contributed by atoms with van der Waals surface area (Å²) in [4.78, 5) is 26.4. The molecule has 3 N–H and O–H groups in total. The van der Waals surface area contributed by atoms with Gasteiger partial charge in [-0.1, -0.05) is 0 Å². The van der Waals surface area contributed by atoms with Gasteiger partial charge < -0.3 is 4.98 Å². The van der Waals surface area contributed by atoms with Gasteiger partial charge in [0.2, 0.25) is 0 Å². The van der Waals surface area contributed by atoms with E-state index in [-0.39, 0.29) is 11.3 Å². The summed E-state index contributed by atoms with van der Waals surface area (Å²) in [6, 6.07) is 5.18. The molecule has 0 radical (unpaired) electrons. The van der Waals surface area contributed by atoms with E-state index >= 15 is 0 Å². The molecule has 3 aromatic rings. The van der Waals surface area contributed by atoms with Crippen molar-refractivity contribution in [3.63, 3.8) is 0 Å². The van der Waals surface area contributed by atoms with Gasteiger partial charge in [0.15, 0.2) is 5.49 Å². The van der Waals surface area contributed by atoms with Crippen LogP contribution in [0.4, 0.5) is 0 Å². The van der Waals surface area contributed by atoms with Crippen molar-refractivity contribution in [1.82, 2.24) is 9.55 Å². The largest absolute Gasteiger partial charge is 0.317 e. The molecule has 0 atom stereocenters. The molecule has 6 nitrogen and oxygen atoms in total. The van der Waals surface area contributed by atoms with E-state index in [0.717, 1.165) is 17.4 Å². The van der Waals surface area contributed by atoms with E-state index in [1.54, 1.807) is 19.1 Å². The molecular weight excluding hydrogens is 312 g/mol. The number of rotatable bonds is 2. The van der Waals surface area contributed by atoms with Crippen LogP contribution < -0.4 is 11.0 Å². The summed E-state index contributed by atoms with van der Waals surface area (Å²) in [7, 11) is 0. The summed E-state index contributed by atoms with van der Waals surface area (Å²) in [6.07, 6.45) is 0.723. The average molecular weight is 326 g/mol. The van der Waals surface area contributed by atoms with Gasteiger partial charge in [-0.25, -0.2) is 0 Å². The van der Waals surface area contributed by atoms with Crippen LogP contribution in [0.3, 0.4) is 0 Å². The van der Waals surface area contributed by atoms with Crippen LogP contribution in [-0.4, -0.2) is 21.7 Å². The summed E-state index contributed by atoms with van der Waals surface area (Å²) in [5.74, 6) is 0.0804. The highest BCUT2D eigenvalue weighted by atomic mass is 32.1. The molecule has 0 saturated heterocycles. The van der Waals surface area contributed by atoms with Crippen LogP contribution in [0.2, 0.25) is 0 Å². The molecule has 0 bridgehead atoms. The molecule has 2 aromatic heterocycles. The molecule has 7 heteroatoms. The molecule has 0 fully saturated rings. The van der Waals surface area contributed by atoms with Gasteiger partial charge in [0.25, 0.3) is 5.56 Å². The normalized spacial score (nSPS) is 10.9. The first-order valence-electron chi connectivity index (χ1n) is 6.87. The number of aldehydes is 1. The standard InChI is InChI=1S/C16H14N4O2S/c1-8-3-4-23-13(8)14(17)20-12-5-9(2)10(7-21)6-11(12)19-16(22)15(20)18/h3-7,17-18H,1-2H3,(H,19,22). The van der Waals surface area contributed by atoms with E-state index < -0.39 is 5.56 Å². The number of aromatic nitrogens is 2. The fraction of sp³-hybridized carbons (Fsp3) is 0.125. The average Bonchev–Trinajstić information content (AvgIpc) is 2.94. The summed E-state index contributed by atoms with van der Waals surface area (Å²) in [5.41, 5.74) is 2.15. The molecule has 0 unspecified atom stereocenters. The molecule has 0 spiro atoms. The van der Waals surface area contributed by atoms with Crippen molar-refractivity contribution in [2.45, 2.75) is 13.8 Å². The Labute approximate surface area is 135 Å². The van der Waals surface area contributed by atoms with Crippen molar-refractivity contribution in [2.75, 3.05) is 0 Å². The molecule has 116 valence electrons. The van der Waals surface area contributed by atoms with Gasteiger partial charge in [-0.3, -0.25) is 25.0 Å². The molecule has 1 aromatic carbocycles. The highest BCUT2D eigenvalue weighted by Crippen LogP contribution is 2.20. The van der Waals surface area contributed by atoms with E-state index in [1.807, 2.05) is 18.4 Å². The van der Waals surface area contributed by atoms with Gasteiger partial charge in [-0.05, 0) is 48.6 Å². The SMILES string of the molecule is Cc1cc2c(cc1C=O)[nH]c(=O)c(=N)n2C(=N)c1sccc1C. The van der Waals surface area contributed by atoms with Crippen molar-refractivity contribution < 1.29 is 4.79 Å². The van der Waals surface area contributed by atoms with Gasteiger partial charge in [-0.15, -0.1) is 11.3 Å². The number of carbonyl (C=O) groups is 1. The number of aryl methyl sites for hydroxylation is 2. The number of hydrogen-bond donors (Lipinski definition) is 3. The second-order valence-corrected chi connectivity index (χ2v) is 6.18. The van der Waals surface area contributed by atoms with E-state index in [0.29, 0.717) is 21.5 Å². The zero-order valence-corrected chi connectivity index (χ0v) is 13.4. The fourth-order valence-corrected chi connectivity index (χ4v) is 3.34. The summed E-state index contributed by atoms with van der Waals surface area (Å²) >= 11 is 1.39. The minimum atomic E-state index is -0.600. The van der Waals surface area contributed by atoms with Crippen molar-refractivity contribution in [1.29, 1.82) is 10.8 Å². The number of carbonyl (C=O) groups excluding carboxylic acids is 1. The number of aromatic amines is 1. The third-order valence-electron chi connectivity index (χ3n) is 3.74. The summed E-state index contributed by atoms with van der Waals surface area (Å²) < 4.78 is 1.31. The van der Waals surface area contributed by atoms with Gasteiger partial charge >= 0.3 is 0 Å². The summed E-state index contributed by atoms with van der Waals surface area (Å²) in [5, 5.41) is 18.4. The monoisotopic (exact) mass is 326 g/mol. The van der Waals surface area contributed by atoms with Gasteiger partial charge in [0, 0.05) is 5.56 Å². The lowest BCUT2D eigenvalue weighted by Crippen LogP contribution is -2.40. The molecule has 23 heavy (non-hydrogen) atoms. The Bertz CT molecular complexity index is 1070. The van der Waals surface area contributed by atoms with Crippen molar-refractivity contribution >= 4 is 34.5 Å². The molecule has 2 heterocycles. The van der Waals surface area contributed by atoms with Crippen LogP contribution in [-0.2, 0) is 0 Å². The van der Waals surface area contributed by atoms with E-state index in [4.69, 9.17) is 10.8 Å². The molecule has 3 rings (SSSR count). The van der Waals surface area contributed by atoms with E-state index in [1.165, 1.54) is 15.9 Å². The quantitative estimate of drug-likeness (QED) is 0.382. The van der Waals surface area contributed by atoms with Crippen LogP contribution in [0.25, 0.3) is 11.0 Å². The zero-order valence-electron chi connectivity index (χ0n) is 12.6. The predicted molar refractivity (Wildman–Crippen MR) is 89.8 cm³/mol. The molecule has 0 amide bonds. The number of thiophene rings is 1. The first-order chi connectivity index (χ1) is 10.9. The van der Waals surface area contributed by atoms with Crippen molar-refractivity contribution in [3.05, 3.63) is 61.0 Å². The lowest BCUT2D eigenvalue weighted by atomic mass is 10.1. The Morgan fingerprint density at radius 2 is 2.04 bits per heavy atom. The number of hydrogen-bond acceptors (Lipinski definition) is 5. The Morgan fingerprint density at radius 3 is 2.65 bits per heavy atom. The van der Waals surface area contributed by atoms with Gasteiger partial charge in [0.1, 0.15) is 12.1 Å².